The lowest BCUT2D eigenvalue weighted by Crippen LogP contribution is -2.21. The van der Waals surface area contributed by atoms with Crippen LogP contribution < -0.4 is 5.32 Å². The van der Waals surface area contributed by atoms with Crippen LogP contribution in [0.25, 0.3) is 10.9 Å². The number of aliphatic carboxylic acids is 1. The van der Waals surface area contributed by atoms with E-state index in [2.05, 4.69) is 56.3 Å². The Morgan fingerprint density at radius 1 is 1.24 bits per heavy atom. The number of para-hydroxylation sites is 1. The van der Waals surface area contributed by atoms with Crippen LogP contribution in [0.4, 0.5) is 0 Å². The fraction of sp³-hybridized carbons (Fsp3) is 0.211. The molecule has 4 rings (SSSR count). The summed E-state index contributed by atoms with van der Waals surface area (Å²) in [6.07, 6.45) is 2.15. The minimum atomic E-state index is -0.751. The van der Waals surface area contributed by atoms with Gasteiger partial charge < -0.3 is 9.67 Å². The van der Waals surface area contributed by atoms with Crippen LogP contribution in [-0.4, -0.2) is 27.4 Å². The summed E-state index contributed by atoms with van der Waals surface area (Å²) in [5, 5.41) is 13.4. The van der Waals surface area contributed by atoms with E-state index in [1.165, 1.54) is 28.2 Å². The topological polar surface area (TPSA) is 54.3 Å². The molecule has 25 heavy (non-hydrogen) atoms. The van der Waals surface area contributed by atoms with Gasteiger partial charge in [0.15, 0.2) is 0 Å². The van der Waals surface area contributed by atoms with E-state index in [4.69, 9.17) is 0 Å². The van der Waals surface area contributed by atoms with Crippen LogP contribution in [-0.2, 0) is 11.3 Å². The van der Waals surface area contributed by atoms with Crippen LogP contribution in [0.15, 0.2) is 59.2 Å². The number of thioether (sulfide) groups is 1. The molecular formula is C19H17BrN2O2S. The molecule has 2 aromatic carbocycles. The number of fused-ring (bicyclic) bond motifs is 1. The van der Waals surface area contributed by atoms with Gasteiger partial charge in [-0.15, -0.1) is 11.8 Å². The Hall–Kier alpha value is -1.76. The number of aromatic nitrogens is 1. The Kier molecular flexibility index (Phi) is 4.58. The van der Waals surface area contributed by atoms with Crippen LogP contribution in [0.2, 0.25) is 0 Å². The van der Waals surface area contributed by atoms with E-state index in [1.807, 2.05) is 24.3 Å². The molecule has 0 radical (unpaired) electrons. The van der Waals surface area contributed by atoms with Gasteiger partial charge in [0.05, 0.1) is 5.37 Å². The first-order chi connectivity index (χ1) is 12.1. The molecule has 2 atom stereocenters. The van der Waals surface area contributed by atoms with Crippen LogP contribution in [0.5, 0.6) is 0 Å². The van der Waals surface area contributed by atoms with E-state index in [1.54, 1.807) is 0 Å². The first kappa shape index (κ1) is 16.7. The molecule has 1 aliphatic heterocycles. The van der Waals surface area contributed by atoms with Crippen LogP contribution >= 0.6 is 27.7 Å². The molecule has 1 saturated heterocycles. The van der Waals surface area contributed by atoms with Gasteiger partial charge in [-0.05, 0) is 23.8 Å². The lowest BCUT2D eigenvalue weighted by atomic mass is 10.1. The van der Waals surface area contributed by atoms with Crippen molar-refractivity contribution in [3.05, 3.63) is 70.3 Å². The summed E-state index contributed by atoms with van der Waals surface area (Å²) in [5.41, 5.74) is 3.55. The summed E-state index contributed by atoms with van der Waals surface area (Å²) in [5.74, 6) is -0.751. The number of carboxylic acid groups (broad SMARTS) is 1. The highest BCUT2D eigenvalue weighted by Gasteiger charge is 2.32. The van der Waals surface area contributed by atoms with Crippen molar-refractivity contribution in [1.82, 2.24) is 9.88 Å². The molecule has 2 N–H and O–H groups in total. The SMILES string of the molecule is O=C(O)[C@H]1CN[C@H](c2cn(Cc3ccc(Br)cc3)c3ccccc23)S1. The number of carbonyl (C=O) groups is 1. The van der Waals surface area contributed by atoms with Gasteiger partial charge in [-0.25, -0.2) is 0 Å². The normalized spacial score (nSPS) is 20.2. The molecule has 1 fully saturated rings. The monoisotopic (exact) mass is 416 g/mol. The molecular weight excluding hydrogens is 400 g/mol. The van der Waals surface area contributed by atoms with Gasteiger partial charge in [-0.1, -0.05) is 46.3 Å². The van der Waals surface area contributed by atoms with Gasteiger partial charge in [0.25, 0.3) is 0 Å². The number of hydrogen-bond donors (Lipinski definition) is 2. The third kappa shape index (κ3) is 3.34. The molecule has 1 aliphatic rings. The van der Waals surface area contributed by atoms with Gasteiger partial charge in [-0.3, -0.25) is 10.1 Å². The van der Waals surface area contributed by atoms with Crippen molar-refractivity contribution >= 4 is 44.6 Å². The standard InChI is InChI=1S/C19H17BrN2O2S/c20-13-7-5-12(6-8-13)10-22-11-15(14-3-1-2-4-16(14)22)18-21-9-17(25-18)19(23)24/h1-8,11,17-18,21H,9-10H2,(H,23,24)/t17-,18+/m1/s1. The van der Waals surface area contributed by atoms with E-state index in [-0.39, 0.29) is 5.37 Å². The second-order valence-corrected chi connectivity index (χ2v) is 8.34. The largest absolute Gasteiger partial charge is 0.480 e. The van der Waals surface area contributed by atoms with Crippen molar-refractivity contribution < 1.29 is 9.90 Å². The number of carboxylic acids is 1. The summed E-state index contributed by atoms with van der Waals surface area (Å²) in [4.78, 5) is 11.2. The summed E-state index contributed by atoms with van der Waals surface area (Å²) in [6.45, 7) is 1.28. The van der Waals surface area contributed by atoms with Gasteiger partial charge in [0, 0.05) is 40.2 Å². The number of benzene rings is 2. The van der Waals surface area contributed by atoms with Crippen LogP contribution in [0.1, 0.15) is 16.5 Å². The lowest BCUT2D eigenvalue weighted by Gasteiger charge is -2.08. The van der Waals surface area contributed by atoms with Gasteiger partial charge >= 0.3 is 5.97 Å². The third-order valence-corrected chi connectivity index (χ3v) is 6.35. The molecule has 0 unspecified atom stereocenters. The van der Waals surface area contributed by atoms with Gasteiger partial charge in [-0.2, -0.15) is 0 Å². The summed E-state index contributed by atoms with van der Waals surface area (Å²) in [7, 11) is 0. The zero-order chi connectivity index (χ0) is 17.4. The highest BCUT2D eigenvalue weighted by molar-refractivity contribution is 9.10. The first-order valence-corrected chi connectivity index (χ1v) is 9.79. The molecule has 2 heterocycles. The second kappa shape index (κ2) is 6.86. The molecule has 0 amide bonds. The molecule has 0 aliphatic carbocycles. The Bertz CT molecular complexity index is 923. The Morgan fingerprint density at radius 3 is 2.72 bits per heavy atom. The highest BCUT2D eigenvalue weighted by atomic mass is 79.9. The molecule has 3 aromatic rings. The quantitative estimate of drug-likeness (QED) is 0.667. The second-order valence-electron chi connectivity index (χ2n) is 6.11. The maximum Gasteiger partial charge on any atom is 0.318 e. The number of nitrogens with one attached hydrogen (secondary N) is 1. The van der Waals surface area contributed by atoms with E-state index < -0.39 is 11.2 Å². The maximum absolute atomic E-state index is 11.2. The molecule has 128 valence electrons. The number of rotatable bonds is 4. The fourth-order valence-corrected chi connectivity index (χ4v) is 4.63. The molecule has 6 heteroatoms. The van der Waals surface area contributed by atoms with Gasteiger partial charge in [0.2, 0.25) is 0 Å². The minimum Gasteiger partial charge on any atom is -0.480 e. The third-order valence-electron chi connectivity index (χ3n) is 4.43. The maximum atomic E-state index is 11.2. The van der Waals surface area contributed by atoms with E-state index in [0.717, 1.165) is 16.6 Å². The van der Waals surface area contributed by atoms with Crippen molar-refractivity contribution in [3.8, 4) is 0 Å². The van der Waals surface area contributed by atoms with Crippen molar-refractivity contribution in [1.29, 1.82) is 0 Å². The number of halogens is 1. The van der Waals surface area contributed by atoms with Crippen LogP contribution in [0, 0.1) is 0 Å². The fourth-order valence-electron chi connectivity index (χ4n) is 3.20. The summed E-state index contributed by atoms with van der Waals surface area (Å²) < 4.78 is 3.31. The summed E-state index contributed by atoms with van der Waals surface area (Å²) >= 11 is 4.95. The van der Waals surface area contributed by atoms with E-state index in [0.29, 0.717) is 6.54 Å². The average molecular weight is 417 g/mol. The average Bonchev–Trinajstić information content (AvgIpc) is 3.22. The van der Waals surface area contributed by atoms with Gasteiger partial charge in [0.1, 0.15) is 5.25 Å². The van der Waals surface area contributed by atoms with E-state index >= 15 is 0 Å². The number of hydrogen-bond acceptors (Lipinski definition) is 3. The zero-order valence-corrected chi connectivity index (χ0v) is 15.8. The molecule has 4 nitrogen and oxygen atoms in total. The van der Waals surface area contributed by atoms with Crippen molar-refractivity contribution in [2.45, 2.75) is 17.2 Å². The molecule has 0 spiro atoms. The lowest BCUT2D eigenvalue weighted by molar-refractivity contribution is -0.136. The Morgan fingerprint density at radius 2 is 2.00 bits per heavy atom. The van der Waals surface area contributed by atoms with E-state index in [9.17, 15) is 9.90 Å². The Balaban J connectivity index is 1.69. The highest BCUT2D eigenvalue weighted by Crippen LogP contribution is 2.39. The van der Waals surface area contributed by atoms with Crippen molar-refractivity contribution in [2.75, 3.05) is 6.54 Å². The van der Waals surface area contributed by atoms with Crippen molar-refractivity contribution in [3.63, 3.8) is 0 Å². The predicted molar refractivity (Wildman–Crippen MR) is 105 cm³/mol. The van der Waals surface area contributed by atoms with Crippen molar-refractivity contribution in [2.24, 2.45) is 0 Å². The minimum absolute atomic E-state index is 0.0113. The zero-order valence-electron chi connectivity index (χ0n) is 13.4. The predicted octanol–water partition coefficient (Wildman–Crippen LogP) is 4.24. The smallest absolute Gasteiger partial charge is 0.318 e. The molecule has 0 saturated carbocycles. The Labute approximate surface area is 158 Å². The number of nitrogens with zero attached hydrogens (tertiary/aromatic N) is 1. The molecule has 0 bridgehead atoms. The molecule has 1 aromatic heterocycles. The summed E-state index contributed by atoms with van der Waals surface area (Å²) in [6, 6.07) is 16.6. The first-order valence-electron chi connectivity index (χ1n) is 8.05. The van der Waals surface area contributed by atoms with Crippen LogP contribution in [0.3, 0.4) is 0 Å².